The van der Waals surface area contributed by atoms with Gasteiger partial charge in [-0.3, -0.25) is 9.59 Å². The van der Waals surface area contributed by atoms with Gasteiger partial charge < -0.3 is 40.7 Å². The van der Waals surface area contributed by atoms with Gasteiger partial charge in [0, 0.05) is 43.0 Å². The number of aliphatic hydroxyl groups excluding tert-OH is 2. The van der Waals surface area contributed by atoms with Gasteiger partial charge >= 0.3 is 5.97 Å². The van der Waals surface area contributed by atoms with Crippen LogP contribution in [0.2, 0.25) is 10.0 Å². The van der Waals surface area contributed by atoms with Crippen LogP contribution in [0.1, 0.15) is 70.8 Å². The number of nitrogens with zero attached hydrogens (tertiary/aromatic N) is 2. The molecule has 6 rings (SSSR count). The molecular formula is C38H41Cl2N5O7. The van der Waals surface area contributed by atoms with E-state index < -0.39 is 12.1 Å². The number of carboxylic acid groups (broad SMARTS) is 1. The second-order valence-corrected chi connectivity index (χ2v) is 13.8. The number of benzene rings is 2. The molecule has 1 saturated carbocycles. The highest BCUT2D eigenvalue weighted by atomic mass is 35.5. The number of aliphatic hydroxyl groups is 2. The monoisotopic (exact) mass is 749 g/mol. The fraction of sp³-hybridized carbons (Fsp3) is 0.368. The van der Waals surface area contributed by atoms with Crippen LogP contribution < -0.4 is 25.4 Å². The topological polar surface area (TPSA) is 175 Å². The van der Waals surface area contributed by atoms with E-state index in [0.717, 1.165) is 47.1 Å². The Morgan fingerprint density at radius 2 is 1.83 bits per heavy atom. The Balaban J connectivity index is 1.13. The maximum absolute atomic E-state index is 13.4. The summed E-state index contributed by atoms with van der Waals surface area (Å²) >= 11 is 13.5. The Labute approximate surface area is 311 Å². The summed E-state index contributed by atoms with van der Waals surface area (Å²) in [4.78, 5) is 33.1. The number of anilines is 1. The van der Waals surface area contributed by atoms with E-state index in [1.807, 2.05) is 30.3 Å². The molecule has 2 heterocycles. The SMILES string of the molecule is COc1nc(O[C@H]2CCc3c(-c4cccc(C(=O)Nc5ccc(CN[C@@H]6CCC[C@@H]6O)cn5)c4Cl)cccc32)c(Cl)cc1CNC[C@@H](O)CC(=O)O. The molecule has 0 saturated heterocycles. The van der Waals surface area contributed by atoms with Gasteiger partial charge in [-0.2, -0.15) is 4.98 Å². The quantitative estimate of drug-likeness (QED) is 0.0879. The maximum atomic E-state index is 13.4. The van der Waals surface area contributed by atoms with Crippen LogP contribution in [0.15, 0.2) is 60.8 Å². The van der Waals surface area contributed by atoms with Crippen LogP contribution in [0.5, 0.6) is 11.8 Å². The zero-order chi connectivity index (χ0) is 36.8. The summed E-state index contributed by atoms with van der Waals surface area (Å²) in [7, 11) is 1.48. The van der Waals surface area contributed by atoms with Gasteiger partial charge in [-0.1, -0.05) is 59.6 Å². The lowest BCUT2D eigenvalue weighted by Crippen LogP contribution is -2.35. The number of halogens is 2. The lowest BCUT2D eigenvalue weighted by molar-refractivity contribution is -0.139. The summed E-state index contributed by atoms with van der Waals surface area (Å²) in [6.45, 7) is 0.895. The number of ether oxygens (including phenoxy) is 2. The number of amides is 1. The lowest BCUT2D eigenvalue weighted by atomic mass is 9.95. The molecule has 274 valence electrons. The minimum Gasteiger partial charge on any atom is -0.481 e. The van der Waals surface area contributed by atoms with Crippen LogP contribution >= 0.6 is 23.2 Å². The standard InChI is InChI=1S/C38H41Cl2N5O7/c1-51-37-22(19-41-20-23(46)16-34(48)49)15-29(39)38(45-37)52-32-13-12-25-24(5-2-6-26(25)32)27-7-3-8-28(35(27)40)36(50)44-33-14-11-21(18-43-33)17-42-30-9-4-10-31(30)47/h2-3,5-8,11,14-15,18,23,30-32,41-42,46-47H,4,9-10,12-13,16-17,19-20H2,1H3,(H,48,49)(H,43,44,50)/t23-,30+,31-,32-/m0/s1. The Kier molecular flexibility index (Phi) is 12.3. The number of pyridine rings is 2. The van der Waals surface area contributed by atoms with Gasteiger partial charge in [-0.15, -0.1) is 0 Å². The number of nitrogens with one attached hydrogen (secondary N) is 3. The highest BCUT2D eigenvalue weighted by Crippen LogP contribution is 2.43. The van der Waals surface area contributed by atoms with Crippen LogP contribution in [0.4, 0.5) is 5.82 Å². The fourth-order valence-electron chi connectivity index (χ4n) is 6.78. The average Bonchev–Trinajstić information content (AvgIpc) is 3.74. The van der Waals surface area contributed by atoms with Crippen molar-refractivity contribution in [2.45, 2.75) is 76.0 Å². The van der Waals surface area contributed by atoms with Gasteiger partial charge in [0.1, 0.15) is 16.9 Å². The number of rotatable bonds is 15. The molecule has 2 aliphatic rings. The molecule has 1 amide bonds. The third-order valence-electron chi connectivity index (χ3n) is 9.40. The predicted octanol–water partition coefficient (Wildman–Crippen LogP) is 5.71. The van der Waals surface area contributed by atoms with Crippen molar-refractivity contribution in [2.75, 3.05) is 19.0 Å². The van der Waals surface area contributed by atoms with Gasteiger partial charge in [0.15, 0.2) is 0 Å². The third-order valence-corrected chi connectivity index (χ3v) is 10.1. The van der Waals surface area contributed by atoms with Gasteiger partial charge in [0.05, 0.1) is 36.3 Å². The number of hydrogen-bond donors (Lipinski definition) is 6. The van der Waals surface area contributed by atoms with Crippen molar-refractivity contribution in [2.24, 2.45) is 0 Å². The van der Waals surface area contributed by atoms with E-state index in [1.165, 1.54) is 7.11 Å². The number of fused-ring (bicyclic) bond motifs is 1. The normalized spacial score (nSPS) is 18.5. The van der Waals surface area contributed by atoms with Crippen molar-refractivity contribution in [3.8, 4) is 22.9 Å². The first kappa shape index (κ1) is 37.5. The summed E-state index contributed by atoms with van der Waals surface area (Å²) < 4.78 is 11.8. The molecule has 52 heavy (non-hydrogen) atoms. The number of carboxylic acids is 1. The van der Waals surface area contributed by atoms with Crippen LogP contribution in [-0.2, 0) is 24.3 Å². The van der Waals surface area contributed by atoms with Gasteiger partial charge in [-0.25, -0.2) is 4.98 Å². The van der Waals surface area contributed by atoms with Crippen molar-refractivity contribution < 1.29 is 34.4 Å². The predicted molar refractivity (Wildman–Crippen MR) is 197 cm³/mol. The van der Waals surface area contributed by atoms with Crippen molar-refractivity contribution in [3.63, 3.8) is 0 Å². The zero-order valence-corrected chi connectivity index (χ0v) is 30.1. The molecule has 0 unspecified atom stereocenters. The Hall–Kier alpha value is -4.30. The first-order valence-corrected chi connectivity index (χ1v) is 18.0. The molecule has 14 heteroatoms. The average molecular weight is 751 g/mol. The smallest absolute Gasteiger partial charge is 0.306 e. The second kappa shape index (κ2) is 17.0. The van der Waals surface area contributed by atoms with Crippen molar-refractivity contribution >= 4 is 40.9 Å². The molecule has 0 aliphatic heterocycles. The largest absolute Gasteiger partial charge is 0.481 e. The molecular weight excluding hydrogens is 709 g/mol. The van der Waals surface area contributed by atoms with Gasteiger partial charge in [-0.05, 0) is 72.6 Å². The molecule has 6 N–H and O–H groups in total. The van der Waals surface area contributed by atoms with E-state index in [1.54, 1.807) is 30.5 Å². The Morgan fingerprint density at radius 3 is 2.56 bits per heavy atom. The molecule has 2 aromatic carbocycles. The van der Waals surface area contributed by atoms with E-state index in [-0.39, 0.29) is 60.4 Å². The highest BCUT2D eigenvalue weighted by molar-refractivity contribution is 6.37. The van der Waals surface area contributed by atoms with E-state index in [9.17, 15) is 19.8 Å². The van der Waals surface area contributed by atoms with Crippen LogP contribution in [0.25, 0.3) is 11.1 Å². The molecule has 1 fully saturated rings. The lowest BCUT2D eigenvalue weighted by Gasteiger charge is -2.18. The molecule has 12 nitrogen and oxygen atoms in total. The van der Waals surface area contributed by atoms with Gasteiger partial charge in [0.2, 0.25) is 11.8 Å². The van der Waals surface area contributed by atoms with E-state index in [2.05, 4.69) is 25.9 Å². The summed E-state index contributed by atoms with van der Waals surface area (Å²) in [6, 6.07) is 16.7. The molecule has 0 bridgehead atoms. The van der Waals surface area contributed by atoms with E-state index in [4.69, 9.17) is 37.8 Å². The highest BCUT2D eigenvalue weighted by Gasteiger charge is 2.29. The van der Waals surface area contributed by atoms with Crippen molar-refractivity contribution in [1.29, 1.82) is 0 Å². The van der Waals surface area contributed by atoms with Crippen molar-refractivity contribution in [1.82, 2.24) is 20.6 Å². The molecule has 0 spiro atoms. The third kappa shape index (κ3) is 8.83. The van der Waals surface area contributed by atoms with Crippen LogP contribution in [0, 0.1) is 0 Å². The minimum absolute atomic E-state index is 0.0705. The summed E-state index contributed by atoms with van der Waals surface area (Å²) in [5.74, 6) is -0.562. The molecule has 2 aliphatic carbocycles. The summed E-state index contributed by atoms with van der Waals surface area (Å²) in [5.41, 5.74) is 5.52. The van der Waals surface area contributed by atoms with Crippen LogP contribution in [-0.4, -0.2) is 69.1 Å². The van der Waals surface area contributed by atoms with Crippen LogP contribution in [0.3, 0.4) is 0 Å². The van der Waals surface area contributed by atoms with E-state index in [0.29, 0.717) is 41.4 Å². The number of methoxy groups -OCH3 is 1. The number of aromatic nitrogens is 2. The Morgan fingerprint density at radius 1 is 1.02 bits per heavy atom. The van der Waals surface area contributed by atoms with E-state index >= 15 is 0 Å². The number of aliphatic carboxylic acids is 1. The molecule has 4 atom stereocenters. The molecule has 0 radical (unpaired) electrons. The number of hydrogen-bond acceptors (Lipinski definition) is 10. The minimum atomic E-state index is -1.08. The maximum Gasteiger partial charge on any atom is 0.306 e. The molecule has 4 aromatic rings. The first-order chi connectivity index (χ1) is 25.1. The fourth-order valence-corrected chi connectivity index (χ4v) is 7.31. The zero-order valence-electron chi connectivity index (χ0n) is 28.6. The summed E-state index contributed by atoms with van der Waals surface area (Å²) in [6.07, 6.45) is 3.78. The molecule has 2 aromatic heterocycles. The first-order valence-electron chi connectivity index (χ1n) is 17.2. The summed E-state index contributed by atoms with van der Waals surface area (Å²) in [5, 5.41) is 38.6. The number of carbonyl (C=O) groups is 2. The Bertz CT molecular complexity index is 1910. The van der Waals surface area contributed by atoms with Gasteiger partial charge in [0.25, 0.3) is 5.91 Å². The second-order valence-electron chi connectivity index (χ2n) is 13.0. The van der Waals surface area contributed by atoms with Crippen molar-refractivity contribution in [3.05, 3.63) is 98.7 Å². The number of carbonyl (C=O) groups excluding carboxylic acids is 1.